The number of carbonyl (C=O) groups is 1. The number of nitrogens with zero attached hydrogens (tertiary/aromatic N) is 2. The minimum Gasteiger partial charge on any atom is -0.348 e. The number of amides is 1. The van der Waals surface area contributed by atoms with Crippen LogP contribution in [0, 0.1) is 5.82 Å². The Bertz CT molecular complexity index is 1200. The van der Waals surface area contributed by atoms with Crippen molar-refractivity contribution in [3.05, 3.63) is 113 Å². The van der Waals surface area contributed by atoms with E-state index in [9.17, 15) is 9.18 Å². The Balaban J connectivity index is 1.55. The van der Waals surface area contributed by atoms with Crippen LogP contribution in [-0.2, 0) is 11.3 Å². The van der Waals surface area contributed by atoms with Crippen molar-refractivity contribution in [2.75, 3.05) is 0 Å². The Morgan fingerprint density at radius 2 is 1.71 bits per heavy atom. The van der Waals surface area contributed by atoms with Gasteiger partial charge in [-0.25, -0.2) is 9.07 Å². The van der Waals surface area contributed by atoms with E-state index in [0.29, 0.717) is 0 Å². The summed E-state index contributed by atoms with van der Waals surface area (Å²) < 4.78 is 15.7. The zero-order chi connectivity index (χ0) is 21.6. The summed E-state index contributed by atoms with van der Waals surface area (Å²) >= 11 is 6.00. The predicted octanol–water partition coefficient (Wildman–Crippen LogP) is 5.66. The van der Waals surface area contributed by atoms with Crippen LogP contribution in [0.15, 0.2) is 91.1 Å². The Hall–Kier alpha value is -3.70. The quantitative estimate of drug-likeness (QED) is 0.400. The second kappa shape index (κ2) is 9.41. The fourth-order valence-electron chi connectivity index (χ4n) is 3.16. The van der Waals surface area contributed by atoms with Crippen LogP contribution >= 0.6 is 11.6 Å². The summed E-state index contributed by atoms with van der Waals surface area (Å²) in [5.41, 5.74) is 3.70. The molecule has 1 heterocycles. The number of aromatic nitrogens is 2. The van der Waals surface area contributed by atoms with Gasteiger partial charge in [0, 0.05) is 35.5 Å². The molecule has 0 saturated heterocycles. The van der Waals surface area contributed by atoms with Crippen LogP contribution in [0.25, 0.3) is 23.0 Å². The second-order valence-electron chi connectivity index (χ2n) is 6.84. The molecular weight excluding hydrogens is 413 g/mol. The SMILES string of the molecule is O=C(/C=C/c1c(F)cccc1Cl)NCc1cn(-c2ccccc2)nc1-c1ccccc1. The standard InChI is InChI=1S/C25H19ClFN3O/c26-22-12-7-13-23(27)21(22)14-15-24(31)28-16-19-17-30(20-10-5-2-6-11-20)29-25(19)18-8-3-1-4-9-18/h1-15,17H,16H2,(H,28,31)/b15-14+. The maximum atomic E-state index is 13.9. The first-order valence-electron chi connectivity index (χ1n) is 9.71. The molecule has 1 amide bonds. The highest BCUT2D eigenvalue weighted by Gasteiger charge is 2.13. The fourth-order valence-corrected chi connectivity index (χ4v) is 3.39. The molecule has 0 radical (unpaired) electrons. The average Bonchev–Trinajstić information content (AvgIpc) is 3.23. The zero-order valence-corrected chi connectivity index (χ0v) is 17.3. The third-order valence-corrected chi connectivity index (χ3v) is 5.04. The summed E-state index contributed by atoms with van der Waals surface area (Å²) in [5.74, 6) is -0.835. The molecule has 0 bridgehead atoms. The lowest BCUT2D eigenvalue weighted by Gasteiger charge is -2.04. The molecular formula is C25H19ClFN3O. The van der Waals surface area contributed by atoms with Crippen LogP contribution in [0.4, 0.5) is 4.39 Å². The van der Waals surface area contributed by atoms with Gasteiger partial charge in [-0.05, 0) is 30.3 Å². The average molecular weight is 432 g/mol. The fraction of sp³-hybridized carbons (Fsp3) is 0.0400. The molecule has 0 aliphatic carbocycles. The van der Waals surface area contributed by atoms with Gasteiger partial charge in [0.25, 0.3) is 0 Å². The molecule has 0 spiro atoms. The molecule has 0 aliphatic rings. The van der Waals surface area contributed by atoms with Crippen LogP contribution in [0.2, 0.25) is 5.02 Å². The summed E-state index contributed by atoms with van der Waals surface area (Å²) in [6.45, 7) is 0.269. The molecule has 154 valence electrons. The van der Waals surface area contributed by atoms with E-state index < -0.39 is 5.82 Å². The molecule has 3 aromatic carbocycles. The third kappa shape index (κ3) is 4.90. The maximum Gasteiger partial charge on any atom is 0.244 e. The zero-order valence-electron chi connectivity index (χ0n) is 16.5. The Morgan fingerprint density at radius 1 is 1.00 bits per heavy atom. The lowest BCUT2D eigenvalue weighted by molar-refractivity contribution is -0.116. The molecule has 31 heavy (non-hydrogen) atoms. The van der Waals surface area contributed by atoms with Gasteiger partial charge in [0.15, 0.2) is 0 Å². The molecule has 1 N–H and O–H groups in total. The van der Waals surface area contributed by atoms with Gasteiger partial charge >= 0.3 is 0 Å². The lowest BCUT2D eigenvalue weighted by Crippen LogP contribution is -2.20. The molecule has 0 fully saturated rings. The summed E-state index contributed by atoms with van der Waals surface area (Å²) in [4.78, 5) is 12.3. The molecule has 4 aromatic rings. The van der Waals surface area contributed by atoms with E-state index in [1.54, 1.807) is 10.7 Å². The number of carbonyl (C=O) groups excluding carboxylic acids is 1. The van der Waals surface area contributed by atoms with E-state index in [-0.39, 0.29) is 23.0 Å². The van der Waals surface area contributed by atoms with Crippen molar-refractivity contribution in [1.29, 1.82) is 0 Å². The van der Waals surface area contributed by atoms with Crippen molar-refractivity contribution >= 4 is 23.6 Å². The molecule has 0 unspecified atom stereocenters. The Kier molecular flexibility index (Phi) is 6.24. The van der Waals surface area contributed by atoms with E-state index in [1.165, 1.54) is 24.3 Å². The van der Waals surface area contributed by atoms with E-state index in [1.807, 2.05) is 66.9 Å². The lowest BCUT2D eigenvalue weighted by atomic mass is 10.1. The Labute approximate surface area is 184 Å². The van der Waals surface area contributed by atoms with Gasteiger partial charge in [0.1, 0.15) is 5.82 Å². The van der Waals surface area contributed by atoms with E-state index in [4.69, 9.17) is 16.7 Å². The first kappa shape index (κ1) is 20.6. The monoisotopic (exact) mass is 431 g/mol. The van der Waals surface area contributed by atoms with E-state index in [0.717, 1.165) is 22.5 Å². The van der Waals surface area contributed by atoms with Crippen LogP contribution in [0.5, 0.6) is 0 Å². The highest BCUT2D eigenvalue weighted by Crippen LogP contribution is 2.24. The third-order valence-electron chi connectivity index (χ3n) is 4.71. The van der Waals surface area contributed by atoms with Crippen molar-refractivity contribution in [3.63, 3.8) is 0 Å². The van der Waals surface area contributed by atoms with Gasteiger partial charge in [-0.2, -0.15) is 5.10 Å². The van der Waals surface area contributed by atoms with E-state index >= 15 is 0 Å². The number of nitrogens with one attached hydrogen (secondary N) is 1. The molecule has 4 rings (SSSR count). The topological polar surface area (TPSA) is 46.9 Å². The van der Waals surface area contributed by atoms with Crippen molar-refractivity contribution in [2.24, 2.45) is 0 Å². The Morgan fingerprint density at radius 3 is 2.42 bits per heavy atom. The first-order chi connectivity index (χ1) is 15.1. The van der Waals surface area contributed by atoms with Crippen molar-refractivity contribution < 1.29 is 9.18 Å². The van der Waals surface area contributed by atoms with Crippen LogP contribution in [-0.4, -0.2) is 15.7 Å². The van der Waals surface area contributed by atoms with Gasteiger partial charge in [-0.15, -0.1) is 0 Å². The number of benzene rings is 3. The number of hydrogen-bond donors (Lipinski definition) is 1. The van der Waals surface area contributed by atoms with Crippen molar-refractivity contribution in [1.82, 2.24) is 15.1 Å². The molecule has 1 aromatic heterocycles. The highest BCUT2D eigenvalue weighted by atomic mass is 35.5. The van der Waals surface area contributed by atoms with Gasteiger partial charge in [-0.1, -0.05) is 66.2 Å². The summed E-state index contributed by atoms with van der Waals surface area (Å²) in [7, 11) is 0. The highest BCUT2D eigenvalue weighted by molar-refractivity contribution is 6.32. The van der Waals surface area contributed by atoms with Crippen molar-refractivity contribution in [3.8, 4) is 16.9 Å². The summed E-state index contributed by atoms with van der Waals surface area (Å²) in [6, 6.07) is 23.9. The minimum atomic E-state index is -0.480. The van der Waals surface area contributed by atoms with Gasteiger partial charge < -0.3 is 5.32 Å². The molecule has 6 heteroatoms. The van der Waals surface area contributed by atoms with Crippen LogP contribution in [0.3, 0.4) is 0 Å². The number of rotatable bonds is 6. The predicted molar refractivity (Wildman–Crippen MR) is 121 cm³/mol. The molecule has 0 atom stereocenters. The van der Waals surface area contributed by atoms with Gasteiger partial charge in [-0.3, -0.25) is 4.79 Å². The smallest absolute Gasteiger partial charge is 0.244 e. The van der Waals surface area contributed by atoms with Crippen LogP contribution in [0.1, 0.15) is 11.1 Å². The normalized spacial score (nSPS) is 11.0. The minimum absolute atomic E-state index is 0.182. The van der Waals surface area contributed by atoms with Gasteiger partial charge in [0.2, 0.25) is 5.91 Å². The number of hydrogen-bond acceptors (Lipinski definition) is 2. The molecule has 4 nitrogen and oxygen atoms in total. The van der Waals surface area contributed by atoms with Gasteiger partial charge in [0.05, 0.1) is 16.4 Å². The van der Waals surface area contributed by atoms with Crippen LogP contribution < -0.4 is 5.32 Å². The number of para-hydroxylation sites is 1. The number of halogens is 2. The molecule has 0 aliphatic heterocycles. The maximum absolute atomic E-state index is 13.9. The largest absolute Gasteiger partial charge is 0.348 e. The molecule has 0 saturated carbocycles. The summed E-state index contributed by atoms with van der Waals surface area (Å²) in [6.07, 6.45) is 4.54. The summed E-state index contributed by atoms with van der Waals surface area (Å²) in [5, 5.41) is 7.81. The van der Waals surface area contributed by atoms with Crippen molar-refractivity contribution in [2.45, 2.75) is 6.54 Å². The van der Waals surface area contributed by atoms with E-state index in [2.05, 4.69) is 5.32 Å². The second-order valence-corrected chi connectivity index (χ2v) is 7.24. The first-order valence-corrected chi connectivity index (χ1v) is 10.1.